The minimum atomic E-state index is -1.23. The molecule has 0 spiro atoms. The molecule has 0 amide bonds. The number of aromatic carboxylic acids is 2. The van der Waals surface area contributed by atoms with Crippen LogP contribution >= 0.6 is 11.6 Å². The van der Waals surface area contributed by atoms with Crippen LogP contribution in [-0.2, 0) is 0 Å². The van der Waals surface area contributed by atoms with Crippen molar-refractivity contribution < 1.29 is 19.8 Å². The maximum Gasteiger partial charge on any atom is 0.336 e. The van der Waals surface area contributed by atoms with E-state index >= 15 is 0 Å². The molecule has 0 bridgehead atoms. The van der Waals surface area contributed by atoms with Gasteiger partial charge in [0, 0.05) is 5.38 Å². The highest BCUT2D eigenvalue weighted by atomic mass is 35.5. The van der Waals surface area contributed by atoms with E-state index in [1.165, 1.54) is 37.1 Å². The van der Waals surface area contributed by atoms with Gasteiger partial charge in [-0.05, 0) is 25.5 Å². The first kappa shape index (κ1) is 17.4. The fourth-order valence-electron chi connectivity index (χ4n) is 1.34. The molecule has 0 aromatic heterocycles. The third-order valence-corrected chi connectivity index (χ3v) is 2.56. The van der Waals surface area contributed by atoms with Crippen molar-refractivity contribution >= 4 is 23.5 Å². The van der Waals surface area contributed by atoms with Crippen LogP contribution in [0.15, 0.2) is 24.3 Å². The van der Waals surface area contributed by atoms with E-state index in [-0.39, 0.29) is 11.1 Å². The lowest BCUT2D eigenvalue weighted by atomic mass is 10.1. The molecular formula is C14H19ClO4. The SMILES string of the molecule is CCCCC(C)Cl.O=C(O)c1ccccc1C(=O)O. The molecule has 1 unspecified atom stereocenters. The lowest BCUT2D eigenvalue weighted by molar-refractivity contribution is 0.0651. The minimum absolute atomic E-state index is 0.190. The van der Waals surface area contributed by atoms with Gasteiger partial charge in [-0.3, -0.25) is 0 Å². The second-order valence-electron chi connectivity index (χ2n) is 4.08. The lowest BCUT2D eigenvalue weighted by Crippen LogP contribution is -2.06. The summed E-state index contributed by atoms with van der Waals surface area (Å²) < 4.78 is 0. The zero-order valence-electron chi connectivity index (χ0n) is 11.1. The van der Waals surface area contributed by atoms with Gasteiger partial charge in [-0.1, -0.05) is 31.9 Å². The van der Waals surface area contributed by atoms with Crippen LogP contribution in [-0.4, -0.2) is 27.5 Å². The Morgan fingerprint density at radius 1 is 1.16 bits per heavy atom. The van der Waals surface area contributed by atoms with Crippen molar-refractivity contribution in [3.05, 3.63) is 35.4 Å². The Hall–Kier alpha value is -1.55. The van der Waals surface area contributed by atoms with Crippen LogP contribution in [0.3, 0.4) is 0 Å². The first-order chi connectivity index (χ1) is 8.90. The average Bonchev–Trinajstić information content (AvgIpc) is 2.36. The van der Waals surface area contributed by atoms with Gasteiger partial charge in [-0.25, -0.2) is 9.59 Å². The van der Waals surface area contributed by atoms with E-state index < -0.39 is 11.9 Å². The number of halogens is 1. The van der Waals surface area contributed by atoms with Gasteiger partial charge < -0.3 is 10.2 Å². The summed E-state index contributed by atoms with van der Waals surface area (Å²) in [5.41, 5.74) is -0.380. The Labute approximate surface area is 118 Å². The van der Waals surface area contributed by atoms with Crippen molar-refractivity contribution in [2.24, 2.45) is 0 Å². The summed E-state index contributed by atoms with van der Waals surface area (Å²) in [7, 11) is 0. The van der Waals surface area contributed by atoms with Crippen LogP contribution in [0.2, 0.25) is 0 Å². The van der Waals surface area contributed by atoms with Crippen molar-refractivity contribution in [1.29, 1.82) is 0 Å². The summed E-state index contributed by atoms with van der Waals surface area (Å²) in [6.07, 6.45) is 3.69. The number of hydrogen-bond donors (Lipinski definition) is 2. The molecule has 4 nitrogen and oxygen atoms in total. The maximum atomic E-state index is 10.5. The van der Waals surface area contributed by atoms with Gasteiger partial charge in [0.25, 0.3) is 0 Å². The molecule has 0 aliphatic heterocycles. The maximum absolute atomic E-state index is 10.5. The van der Waals surface area contributed by atoms with E-state index in [2.05, 4.69) is 6.92 Å². The van der Waals surface area contributed by atoms with Gasteiger partial charge in [0.1, 0.15) is 0 Å². The van der Waals surface area contributed by atoms with Crippen LogP contribution in [0.1, 0.15) is 53.8 Å². The largest absolute Gasteiger partial charge is 0.478 e. The quantitative estimate of drug-likeness (QED) is 0.805. The summed E-state index contributed by atoms with van der Waals surface area (Å²) in [5.74, 6) is -2.46. The van der Waals surface area contributed by atoms with Crippen molar-refractivity contribution in [3.63, 3.8) is 0 Å². The minimum Gasteiger partial charge on any atom is -0.478 e. The van der Waals surface area contributed by atoms with Crippen LogP contribution < -0.4 is 0 Å². The predicted molar refractivity (Wildman–Crippen MR) is 75.2 cm³/mol. The van der Waals surface area contributed by atoms with Crippen molar-refractivity contribution in [3.8, 4) is 0 Å². The highest BCUT2D eigenvalue weighted by molar-refractivity contribution is 6.20. The van der Waals surface area contributed by atoms with Crippen molar-refractivity contribution in [1.82, 2.24) is 0 Å². The number of carbonyl (C=O) groups is 2. The molecule has 0 aliphatic carbocycles. The number of alkyl halides is 1. The molecule has 0 saturated heterocycles. The van der Waals surface area contributed by atoms with Gasteiger partial charge in [0.05, 0.1) is 11.1 Å². The van der Waals surface area contributed by atoms with Crippen LogP contribution in [0.4, 0.5) is 0 Å². The summed E-state index contributed by atoms with van der Waals surface area (Å²) in [6, 6.07) is 5.48. The second-order valence-corrected chi connectivity index (χ2v) is 4.82. The van der Waals surface area contributed by atoms with Crippen molar-refractivity contribution in [2.45, 2.75) is 38.5 Å². The topological polar surface area (TPSA) is 74.6 Å². The van der Waals surface area contributed by atoms with Crippen LogP contribution in [0.25, 0.3) is 0 Å². The molecule has 0 aliphatic rings. The summed E-state index contributed by atoms with van der Waals surface area (Å²) >= 11 is 5.66. The van der Waals surface area contributed by atoms with E-state index in [4.69, 9.17) is 21.8 Å². The molecule has 0 fully saturated rings. The van der Waals surface area contributed by atoms with Gasteiger partial charge >= 0.3 is 11.9 Å². The zero-order valence-corrected chi connectivity index (χ0v) is 11.9. The fourth-order valence-corrected chi connectivity index (χ4v) is 1.50. The number of rotatable bonds is 5. The second kappa shape index (κ2) is 9.39. The Kier molecular flexibility index (Phi) is 8.62. The van der Waals surface area contributed by atoms with E-state index in [0.29, 0.717) is 5.38 Å². The van der Waals surface area contributed by atoms with Gasteiger partial charge in [-0.2, -0.15) is 0 Å². The molecule has 1 aromatic carbocycles. The monoisotopic (exact) mass is 286 g/mol. The molecule has 19 heavy (non-hydrogen) atoms. The van der Waals surface area contributed by atoms with E-state index in [0.717, 1.165) is 6.42 Å². The van der Waals surface area contributed by atoms with Gasteiger partial charge in [0.2, 0.25) is 0 Å². The number of carboxylic acid groups (broad SMARTS) is 2. The highest BCUT2D eigenvalue weighted by Crippen LogP contribution is 2.07. The molecule has 106 valence electrons. The van der Waals surface area contributed by atoms with E-state index in [9.17, 15) is 9.59 Å². The molecule has 1 aromatic rings. The number of benzene rings is 1. The van der Waals surface area contributed by atoms with E-state index in [1.54, 1.807) is 0 Å². The third kappa shape index (κ3) is 7.47. The number of carboxylic acids is 2. The standard InChI is InChI=1S/C8H6O4.C6H13Cl/c9-7(10)5-3-1-2-4-6(5)8(11)12;1-3-4-5-6(2)7/h1-4H,(H,9,10)(H,11,12);6H,3-5H2,1-2H3. The molecule has 1 rings (SSSR count). The highest BCUT2D eigenvalue weighted by Gasteiger charge is 2.13. The predicted octanol–water partition coefficient (Wildman–Crippen LogP) is 3.89. The zero-order chi connectivity index (χ0) is 14.8. The normalized spacial score (nSPS) is 11.1. The average molecular weight is 287 g/mol. The Morgan fingerprint density at radius 3 is 1.79 bits per heavy atom. The Bertz CT molecular complexity index is 383. The molecule has 1 atom stereocenters. The first-order valence-electron chi connectivity index (χ1n) is 6.09. The third-order valence-electron chi connectivity index (χ3n) is 2.34. The fraction of sp³-hybridized carbons (Fsp3) is 0.429. The molecule has 5 heteroatoms. The Balaban J connectivity index is 0.000000399. The van der Waals surface area contributed by atoms with E-state index in [1.807, 2.05) is 6.92 Å². The summed E-state index contributed by atoms with van der Waals surface area (Å²) in [4.78, 5) is 20.9. The lowest BCUT2D eigenvalue weighted by Gasteiger charge is -1.98. The molecular weight excluding hydrogens is 268 g/mol. The van der Waals surface area contributed by atoms with Crippen LogP contribution in [0, 0.1) is 0 Å². The number of hydrogen-bond acceptors (Lipinski definition) is 2. The van der Waals surface area contributed by atoms with Crippen LogP contribution in [0.5, 0.6) is 0 Å². The van der Waals surface area contributed by atoms with Gasteiger partial charge in [-0.15, -0.1) is 11.6 Å². The molecule has 0 radical (unpaired) electrons. The Morgan fingerprint density at radius 2 is 1.58 bits per heavy atom. The summed E-state index contributed by atoms with van der Waals surface area (Å²) in [6.45, 7) is 4.22. The number of unbranched alkanes of at least 4 members (excludes halogenated alkanes) is 1. The molecule has 0 saturated carbocycles. The first-order valence-corrected chi connectivity index (χ1v) is 6.53. The van der Waals surface area contributed by atoms with Crippen molar-refractivity contribution in [2.75, 3.05) is 0 Å². The molecule has 0 heterocycles. The molecule has 2 N–H and O–H groups in total. The van der Waals surface area contributed by atoms with Gasteiger partial charge in [0.15, 0.2) is 0 Å². The summed E-state index contributed by atoms with van der Waals surface area (Å²) in [5, 5.41) is 17.5. The smallest absolute Gasteiger partial charge is 0.336 e.